The lowest BCUT2D eigenvalue weighted by molar-refractivity contribution is -0.121. The van der Waals surface area contributed by atoms with Gasteiger partial charge in [-0.15, -0.1) is 0 Å². The van der Waals surface area contributed by atoms with Gasteiger partial charge in [-0.05, 0) is 30.7 Å². The van der Waals surface area contributed by atoms with Crippen LogP contribution in [0.25, 0.3) is 0 Å². The molecule has 138 valence electrons. The lowest BCUT2D eigenvalue weighted by Crippen LogP contribution is -2.51. The van der Waals surface area contributed by atoms with E-state index in [9.17, 15) is 14.7 Å². The zero-order chi connectivity index (χ0) is 18.1. The van der Waals surface area contributed by atoms with Crippen molar-refractivity contribution < 1.29 is 19.4 Å². The summed E-state index contributed by atoms with van der Waals surface area (Å²) in [5, 5.41) is 14.3. The summed E-state index contributed by atoms with van der Waals surface area (Å²) in [6.07, 6.45) is 0.706. The number of carbonyl (C=O) groups excluding carboxylic acids is 2. The molecule has 0 spiro atoms. The molecule has 3 N–H and O–H groups in total. The van der Waals surface area contributed by atoms with Crippen molar-refractivity contribution >= 4 is 17.6 Å². The molecule has 0 bridgehead atoms. The molecule has 0 radical (unpaired) electrons. The first-order valence-corrected chi connectivity index (χ1v) is 8.41. The van der Waals surface area contributed by atoms with Crippen LogP contribution in [0.15, 0.2) is 24.3 Å². The summed E-state index contributed by atoms with van der Waals surface area (Å²) in [5.41, 5.74) is 1.05. The number of nitrogens with one attached hydrogen (secondary N) is 2. The molecule has 1 aliphatic heterocycles. The number of aromatic hydroxyl groups is 1. The molecule has 2 rings (SSSR count). The number of nitrogens with zero attached hydrogens (tertiary/aromatic N) is 2. The third-order valence-electron chi connectivity index (χ3n) is 4.02. The highest BCUT2D eigenvalue weighted by Gasteiger charge is 2.20. The number of anilines is 1. The van der Waals surface area contributed by atoms with Crippen molar-refractivity contribution in [3.8, 4) is 5.75 Å². The van der Waals surface area contributed by atoms with Crippen LogP contribution in [-0.4, -0.2) is 74.9 Å². The second kappa shape index (κ2) is 9.85. The second-order valence-electron chi connectivity index (χ2n) is 5.93. The highest BCUT2D eigenvalue weighted by Crippen LogP contribution is 2.19. The number of urea groups is 1. The molecule has 25 heavy (non-hydrogen) atoms. The quantitative estimate of drug-likeness (QED) is 0.616. The maximum absolute atomic E-state index is 11.9. The number of phenols is 1. The van der Waals surface area contributed by atoms with Gasteiger partial charge < -0.3 is 20.1 Å². The SMILES string of the molecule is COCCCNC(=O)NC(=O)CN1CCN(c2ccc(O)cc2)CC1. The zero-order valence-electron chi connectivity index (χ0n) is 14.5. The Labute approximate surface area is 147 Å². The Morgan fingerprint density at radius 2 is 1.84 bits per heavy atom. The summed E-state index contributed by atoms with van der Waals surface area (Å²) in [6, 6.07) is 6.63. The van der Waals surface area contributed by atoms with E-state index >= 15 is 0 Å². The van der Waals surface area contributed by atoms with Crippen molar-refractivity contribution in [2.24, 2.45) is 0 Å². The molecule has 1 aliphatic rings. The zero-order valence-corrected chi connectivity index (χ0v) is 14.5. The number of hydrogen-bond acceptors (Lipinski definition) is 6. The van der Waals surface area contributed by atoms with Crippen molar-refractivity contribution in [3.05, 3.63) is 24.3 Å². The van der Waals surface area contributed by atoms with E-state index in [1.54, 1.807) is 19.2 Å². The minimum absolute atomic E-state index is 0.203. The van der Waals surface area contributed by atoms with E-state index < -0.39 is 6.03 Å². The van der Waals surface area contributed by atoms with Crippen LogP contribution in [0, 0.1) is 0 Å². The fraction of sp³-hybridized carbons (Fsp3) is 0.529. The van der Waals surface area contributed by atoms with Crippen LogP contribution in [-0.2, 0) is 9.53 Å². The van der Waals surface area contributed by atoms with Crippen LogP contribution < -0.4 is 15.5 Å². The first-order chi connectivity index (χ1) is 12.1. The Morgan fingerprint density at radius 3 is 2.48 bits per heavy atom. The van der Waals surface area contributed by atoms with Gasteiger partial charge in [0.2, 0.25) is 5.91 Å². The molecule has 1 saturated heterocycles. The predicted molar refractivity (Wildman–Crippen MR) is 94.8 cm³/mol. The van der Waals surface area contributed by atoms with Crippen molar-refractivity contribution in [1.29, 1.82) is 0 Å². The Morgan fingerprint density at radius 1 is 1.16 bits per heavy atom. The van der Waals surface area contributed by atoms with Crippen molar-refractivity contribution in [1.82, 2.24) is 15.5 Å². The Kier molecular flexibility index (Phi) is 7.49. The van der Waals surface area contributed by atoms with E-state index in [1.807, 2.05) is 17.0 Å². The van der Waals surface area contributed by atoms with E-state index in [1.165, 1.54) is 0 Å². The van der Waals surface area contributed by atoms with E-state index in [-0.39, 0.29) is 18.2 Å². The lowest BCUT2D eigenvalue weighted by Gasteiger charge is -2.35. The lowest BCUT2D eigenvalue weighted by atomic mass is 10.2. The Balaban J connectivity index is 1.66. The summed E-state index contributed by atoms with van der Waals surface area (Å²) in [7, 11) is 1.60. The van der Waals surface area contributed by atoms with Crippen LogP contribution in [0.3, 0.4) is 0 Å². The molecule has 0 aromatic heterocycles. The van der Waals surface area contributed by atoms with Crippen LogP contribution in [0.4, 0.5) is 10.5 Å². The maximum atomic E-state index is 11.9. The van der Waals surface area contributed by atoms with Gasteiger partial charge in [0.15, 0.2) is 0 Å². The number of methoxy groups -OCH3 is 1. The molecule has 0 atom stereocenters. The van der Waals surface area contributed by atoms with Crippen LogP contribution in [0.2, 0.25) is 0 Å². The molecule has 0 aliphatic carbocycles. The molecule has 1 aromatic carbocycles. The molecule has 1 fully saturated rings. The Bertz CT molecular complexity index is 556. The van der Waals surface area contributed by atoms with E-state index in [0.29, 0.717) is 19.6 Å². The number of imide groups is 1. The van der Waals surface area contributed by atoms with E-state index in [4.69, 9.17) is 4.74 Å². The minimum atomic E-state index is -0.469. The van der Waals surface area contributed by atoms with Crippen molar-refractivity contribution in [2.75, 3.05) is 57.9 Å². The third-order valence-corrected chi connectivity index (χ3v) is 4.02. The molecule has 8 nitrogen and oxygen atoms in total. The van der Waals surface area contributed by atoms with Gasteiger partial charge in [0, 0.05) is 52.1 Å². The number of ether oxygens (including phenoxy) is 1. The number of hydrogen-bond donors (Lipinski definition) is 3. The van der Waals surface area contributed by atoms with Crippen molar-refractivity contribution in [3.63, 3.8) is 0 Å². The topological polar surface area (TPSA) is 94.1 Å². The summed E-state index contributed by atoms with van der Waals surface area (Å²) in [5.74, 6) is -0.0538. The summed E-state index contributed by atoms with van der Waals surface area (Å²) < 4.78 is 4.89. The highest BCUT2D eigenvalue weighted by atomic mass is 16.5. The number of phenolic OH excluding ortho intramolecular Hbond substituents is 1. The molecular formula is C17H26N4O4. The number of amides is 3. The fourth-order valence-electron chi connectivity index (χ4n) is 2.66. The van der Waals surface area contributed by atoms with E-state index in [2.05, 4.69) is 15.5 Å². The Hall–Kier alpha value is -2.32. The minimum Gasteiger partial charge on any atom is -0.508 e. The summed E-state index contributed by atoms with van der Waals surface area (Å²) >= 11 is 0. The summed E-state index contributed by atoms with van der Waals surface area (Å²) in [6.45, 7) is 4.31. The van der Waals surface area contributed by atoms with Gasteiger partial charge in [0.05, 0.1) is 6.54 Å². The van der Waals surface area contributed by atoms with Gasteiger partial charge >= 0.3 is 6.03 Å². The van der Waals surface area contributed by atoms with Gasteiger partial charge in [0.25, 0.3) is 0 Å². The second-order valence-corrected chi connectivity index (χ2v) is 5.93. The molecule has 1 heterocycles. The first kappa shape index (κ1) is 19.0. The van der Waals surface area contributed by atoms with Crippen molar-refractivity contribution in [2.45, 2.75) is 6.42 Å². The number of carbonyl (C=O) groups is 2. The average Bonchev–Trinajstić information content (AvgIpc) is 2.60. The molecule has 1 aromatic rings. The number of benzene rings is 1. The predicted octanol–water partition coefficient (Wildman–Crippen LogP) is 0.377. The normalized spacial score (nSPS) is 15.0. The van der Waals surface area contributed by atoms with Crippen LogP contribution in [0.1, 0.15) is 6.42 Å². The van der Waals surface area contributed by atoms with Crippen LogP contribution in [0.5, 0.6) is 5.75 Å². The molecule has 0 unspecified atom stereocenters. The van der Waals surface area contributed by atoms with Gasteiger partial charge in [-0.3, -0.25) is 15.0 Å². The fourth-order valence-corrected chi connectivity index (χ4v) is 2.66. The number of rotatable bonds is 7. The van der Waals surface area contributed by atoms with E-state index in [0.717, 1.165) is 31.9 Å². The van der Waals surface area contributed by atoms with Crippen LogP contribution >= 0.6 is 0 Å². The number of piperazine rings is 1. The van der Waals surface area contributed by atoms with Gasteiger partial charge in [-0.2, -0.15) is 0 Å². The third kappa shape index (κ3) is 6.60. The van der Waals surface area contributed by atoms with Gasteiger partial charge in [-0.25, -0.2) is 4.79 Å². The van der Waals surface area contributed by atoms with Gasteiger partial charge in [-0.1, -0.05) is 0 Å². The van der Waals surface area contributed by atoms with Gasteiger partial charge in [0.1, 0.15) is 5.75 Å². The smallest absolute Gasteiger partial charge is 0.321 e. The molecule has 3 amide bonds. The largest absolute Gasteiger partial charge is 0.508 e. The highest BCUT2D eigenvalue weighted by molar-refractivity contribution is 5.95. The average molecular weight is 350 g/mol. The monoisotopic (exact) mass is 350 g/mol. The maximum Gasteiger partial charge on any atom is 0.321 e. The first-order valence-electron chi connectivity index (χ1n) is 8.41. The molecule has 8 heteroatoms. The summed E-state index contributed by atoms with van der Waals surface area (Å²) in [4.78, 5) is 27.7. The standard InChI is InChI=1S/C17H26N4O4/c1-25-12-2-7-18-17(24)19-16(23)13-20-8-10-21(11-9-20)14-3-5-15(22)6-4-14/h3-6,22H,2,7-13H2,1H3,(H2,18,19,23,24). The molecule has 0 saturated carbocycles. The molecular weight excluding hydrogens is 324 g/mol.